The van der Waals surface area contributed by atoms with Gasteiger partial charge in [-0.3, -0.25) is 4.79 Å². The lowest BCUT2D eigenvalue weighted by Gasteiger charge is -2.33. The van der Waals surface area contributed by atoms with Gasteiger partial charge in [-0.25, -0.2) is 9.37 Å². The zero-order valence-corrected chi connectivity index (χ0v) is 20.1. The number of carbonyl (C=O) groups excluding carboxylic acids is 1. The molecule has 2 aromatic heterocycles. The van der Waals surface area contributed by atoms with Crippen LogP contribution in [0.1, 0.15) is 25.0 Å². The first-order valence-electron chi connectivity index (χ1n) is 11.7. The highest BCUT2D eigenvalue weighted by Gasteiger charge is 2.32. The molecular weight excluding hydrogens is 482 g/mol. The van der Waals surface area contributed by atoms with Gasteiger partial charge in [0, 0.05) is 35.5 Å². The van der Waals surface area contributed by atoms with E-state index in [2.05, 4.69) is 15.6 Å². The molecule has 5 rings (SSSR count). The Morgan fingerprint density at radius 1 is 1.26 bits per heavy atom. The van der Waals surface area contributed by atoms with Crippen LogP contribution in [0.25, 0.3) is 21.6 Å². The number of hydrogen-bond acceptors (Lipinski definition) is 5. The van der Waals surface area contributed by atoms with E-state index >= 15 is 0 Å². The lowest BCUT2D eigenvalue weighted by Crippen LogP contribution is -2.46. The van der Waals surface area contributed by atoms with Gasteiger partial charge in [-0.2, -0.15) is 13.2 Å². The quantitative estimate of drug-likeness (QED) is 0.449. The highest BCUT2D eigenvalue weighted by Crippen LogP contribution is 2.37. The summed E-state index contributed by atoms with van der Waals surface area (Å²) in [5.74, 6) is 0.0587. The molecule has 2 aliphatic rings. The number of halogens is 4. The second-order valence-electron chi connectivity index (χ2n) is 9.42. The van der Waals surface area contributed by atoms with E-state index in [0.717, 1.165) is 19.4 Å². The summed E-state index contributed by atoms with van der Waals surface area (Å²) in [7, 11) is 1.87. The summed E-state index contributed by atoms with van der Waals surface area (Å²) in [4.78, 5) is 18.4. The van der Waals surface area contributed by atoms with Gasteiger partial charge in [0.15, 0.2) is 0 Å². The van der Waals surface area contributed by atoms with Crippen molar-refractivity contribution in [2.45, 2.75) is 50.7 Å². The van der Waals surface area contributed by atoms with Crippen LogP contribution in [-0.2, 0) is 17.9 Å². The molecule has 1 aliphatic heterocycles. The molecule has 2 atom stereocenters. The monoisotopic (exact) mass is 509 g/mol. The summed E-state index contributed by atoms with van der Waals surface area (Å²) >= 11 is 1.24. The SMILES string of the molecule is CN1CC[C@@H](Nc2cccc3c2cc(-c2nc(CNC(=O)C4CC4)cs2)n3CC(F)(F)F)[C@@H](F)C1. The number of nitrogens with one attached hydrogen (secondary N) is 2. The van der Waals surface area contributed by atoms with Crippen LogP contribution in [0.2, 0.25) is 0 Å². The van der Waals surface area contributed by atoms with E-state index in [4.69, 9.17) is 0 Å². The number of aromatic nitrogens is 2. The molecule has 0 spiro atoms. The van der Waals surface area contributed by atoms with Gasteiger partial charge in [0.2, 0.25) is 5.91 Å². The third kappa shape index (κ3) is 5.45. The fourth-order valence-corrected chi connectivity index (χ4v) is 5.37. The number of hydrogen-bond donors (Lipinski definition) is 2. The fraction of sp³-hybridized carbons (Fsp3) is 0.500. The molecule has 11 heteroatoms. The summed E-state index contributed by atoms with van der Waals surface area (Å²) in [5.41, 5.74) is 1.96. The van der Waals surface area contributed by atoms with Crippen LogP contribution in [0.4, 0.5) is 23.2 Å². The molecule has 1 saturated carbocycles. The number of fused-ring (bicyclic) bond motifs is 1. The van der Waals surface area contributed by atoms with Crippen LogP contribution in [0.3, 0.4) is 0 Å². The largest absolute Gasteiger partial charge is 0.406 e. The van der Waals surface area contributed by atoms with E-state index in [0.29, 0.717) is 46.0 Å². The van der Waals surface area contributed by atoms with Crippen LogP contribution in [-0.4, -0.2) is 58.9 Å². The van der Waals surface area contributed by atoms with Crippen molar-refractivity contribution in [2.24, 2.45) is 5.92 Å². The molecule has 0 radical (unpaired) electrons. The molecular formula is C24H27F4N5OS. The Hall–Kier alpha value is -2.66. The number of likely N-dealkylation sites (tertiary alicyclic amines) is 1. The average Bonchev–Trinajstić information content (AvgIpc) is 3.44. The number of rotatable bonds is 7. The van der Waals surface area contributed by atoms with E-state index < -0.39 is 24.9 Å². The zero-order chi connectivity index (χ0) is 24.7. The van der Waals surface area contributed by atoms with Gasteiger partial charge in [-0.05, 0) is 44.5 Å². The summed E-state index contributed by atoms with van der Waals surface area (Å²) in [6.07, 6.45) is -3.12. The minimum Gasteiger partial charge on any atom is -0.379 e. The number of amides is 1. The van der Waals surface area contributed by atoms with Gasteiger partial charge < -0.3 is 20.1 Å². The Morgan fingerprint density at radius 3 is 2.77 bits per heavy atom. The standard InChI is InChI=1S/C24H27F4N5OS/c1-32-8-7-19(17(25)11-32)31-18-3-2-4-20-16(18)9-21(33(20)13-24(26,27)28)23-30-15(12-35-23)10-29-22(34)14-5-6-14/h2-4,9,12,14,17,19,31H,5-8,10-11,13H2,1H3,(H,29,34)/t17-,19+/m0/s1. The second kappa shape index (κ2) is 9.42. The van der Waals surface area contributed by atoms with Crippen molar-refractivity contribution in [3.05, 3.63) is 35.3 Å². The van der Waals surface area contributed by atoms with Crippen molar-refractivity contribution in [1.29, 1.82) is 0 Å². The third-order valence-electron chi connectivity index (χ3n) is 6.53. The van der Waals surface area contributed by atoms with E-state index in [-0.39, 0.29) is 18.4 Å². The van der Waals surface area contributed by atoms with Crippen LogP contribution < -0.4 is 10.6 Å². The molecule has 3 heterocycles. The van der Waals surface area contributed by atoms with Crippen LogP contribution in [0.5, 0.6) is 0 Å². The molecule has 1 aliphatic carbocycles. The molecule has 1 amide bonds. The molecule has 2 N–H and O–H groups in total. The maximum atomic E-state index is 14.6. The number of alkyl halides is 4. The van der Waals surface area contributed by atoms with Crippen LogP contribution in [0, 0.1) is 5.92 Å². The number of benzene rings is 1. The molecule has 6 nitrogen and oxygen atoms in total. The van der Waals surface area contributed by atoms with Crippen molar-refractivity contribution in [3.8, 4) is 10.7 Å². The Kier molecular flexibility index (Phi) is 6.47. The van der Waals surface area contributed by atoms with Gasteiger partial charge in [-0.15, -0.1) is 11.3 Å². The predicted octanol–water partition coefficient (Wildman–Crippen LogP) is 4.81. The molecule has 188 valence electrons. The van der Waals surface area contributed by atoms with Crippen molar-refractivity contribution in [1.82, 2.24) is 19.8 Å². The van der Waals surface area contributed by atoms with E-state index in [1.165, 1.54) is 15.9 Å². The predicted molar refractivity (Wildman–Crippen MR) is 128 cm³/mol. The summed E-state index contributed by atoms with van der Waals surface area (Å²) in [6.45, 7) is 0.134. The molecule has 1 saturated heterocycles. The smallest absolute Gasteiger partial charge is 0.379 e. The normalized spacial score (nSPS) is 21.4. The maximum absolute atomic E-state index is 14.6. The van der Waals surface area contributed by atoms with Crippen LogP contribution in [0.15, 0.2) is 29.6 Å². The molecule has 3 aromatic rings. The number of carbonyl (C=O) groups is 1. The average molecular weight is 510 g/mol. The first kappa shape index (κ1) is 24.1. The Labute approximate surface area is 204 Å². The Bertz CT molecular complexity index is 1220. The number of anilines is 1. The van der Waals surface area contributed by atoms with Crippen molar-refractivity contribution >= 4 is 33.8 Å². The minimum absolute atomic E-state index is 0.0125. The first-order valence-corrected chi connectivity index (χ1v) is 12.6. The molecule has 1 aromatic carbocycles. The third-order valence-corrected chi connectivity index (χ3v) is 7.44. The Balaban J connectivity index is 1.46. The summed E-state index contributed by atoms with van der Waals surface area (Å²) in [6, 6.07) is 6.38. The summed E-state index contributed by atoms with van der Waals surface area (Å²) < 4.78 is 56.5. The highest BCUT2D eigenvalue weighted by atomic mass is 32.1. The molecule has 2 fully saturated rings. The molecule has 0 unspecified atom stereocenters. The minimum atomic E-state index is -4.43. The lowest BCUT2D eigenvalue weighted by molar-refractivity contribution is -0.139. The fourth-order valence-electron chi connectivity index (χ4n) is 4.53. The maximum Gasteiger partial charge on any atom is 0.406 e. The number of piperidine rings is 1. The molecule has 35 heavy (non-hydrogen) atoms. The van der Waals surface area contributed by atoms with E-state index in [1.807, 2.05) is 11.9 Å². The first-order chi connectivity index (χ1) is 16.7. The van der Waals surface area contributed by atoms with Gasteiger partial charge in [-0.1, -0.05) is 6.07 Å². The second-order valence-corrected chi connectivity index (χ2v) is 10.3. The van der Waals surface area contributed by atoms with Gasteiger partial charge >= 0.3 is 6.18 Å². The highest BCUT2D eigenvalue weighted by molar-refractivity contribution is 7.13. The summed E-state index contributed by atoms with van der Waals surface area (Å²) in [5, 5.41) is 8.87. The van der Waals surface area contributed by atoms with Crippen molar-refractivity contribution in [3.63, 3.8) is 0 Å². The van der Waals surface area contributed by atoms with Crippen LogP contribution >= 0.6 is 11.3 Å². The van der Waals surface area contributed by atoms with Gasteiger partial charge in [0.05, 0.1) is 29.5 Å². The van der Waals surface area contributed by atoms with E-state index in [9.17, 15) is 22.4 Å². The topological polar surface area (TPSA) is 62.2 Å². The van der Waals surface area contributed by atoms with Gasteiger partial charge in [0.25, 0.3) is 0 Å². The number of nitrogens with zero attached hydrogens (tertiary/aromatic N) is 3. The lowest BCUT2D eigenvalue weighted by atomic mass is 10.0. The Morgan fingerprint density at radius 2 is 2.06 bits per heavy atom. The van der Waals surface area contributed by atoms with E-state index in [1.54, 1.807) is 29.6 Å². The molecule has 0 bridgehead atoms. The van der Waals surface area contributed by atoms with Crippen molar-refractivity contribution < 1.29 is 22.4 Å². The van der Waals surface area contributed by atoms with Gasteiger partial charge in [0.1, 0.15) is 17.7 Å². The number of thiazole rings is 1. The zero-order valence-electron chi connectivity index (χ0n) is 19.2. The van der Waals surface area contributed by atoms with Crippen molar-refractivity contribution in [2.75, 3.05) is 25.5 Å².